The molecule has 0 saturated carbocycles. The van der Waals surface area contributed by atoms with Crippen LogP contribution in [0.1, 0.15) is 41.6 Å². The highest BCUT2D eigenvalue weighted by Gasteiger charge is 2.15. The van der Waals surface area contributed by atoms with E-state index in [9.17, 15) is 4.79 Å². The van der Waals surface area contributed by atoms with Gasteiger partial charge in [-0.15, -0.1) is 0 Å². The summed E-state index contributed by atoms with van der Waals surface area (Å²) in [7, 11) is 0. The van der Waals surface area contributed by atoms with Gasteiger partial charge < -0.3 is 10.1 Å². The first-order valence-corrected chi connectivity index (χ1v) is 8.23. The molecule has 3 heteroatoms. The van der Waals surface area contributed by atoms with Crippen molar-refractivity contribution < 1.29 is 9.53 Å². The Morgan fingerprint density at radius 1 is 1.17 bits per heavy atom. The van der Waals surface area contributed by atoms with Gasteiger partial charge in [0.1, 0.15) is 5.75 Å². The lowest BCUT2D eigenvalue weighted by Crippen LogP contribution is -2.31. The van der Waals surface area contributed by atoms with E-state index in [1.165, 1.54) is 24.0 Å². The normalized spacial score (nSPS) is 14.2. The first-order chi connectivity index (χ1) is 11.1. The van der Waals surface area contributed by atoms with Crippen molar-refractivity contribution in [2.45, 2.75) is 39.2 Å². The fourth-order valence-corrected chi connectivity index (χ4v) is 3.09. The fourth-order valence-electron chi connectivity index (χ4n) is 3.09. The molecule has 0 fully saturated rings. The molecule has 23 heavy (non-hydrogen) atoms. The van der Waals surface area contributed by atoms with Crippen LogP contribution in [0.3, 0.4) is 0 Å². The van der Waals surface area contributed by atoms with Gasteiger partial charge in [-0.3, -0.25) is 4.79 Å². The summed E-state index contributed by atoms with van der Waals surface area (Å²) < 4.78 is 5.60. The third-order valence-corrected chi connectivity index (χ3v) is 4.45. The number of aryl methyl sites for hydroxylation is 3. The summed E-state index contributed by atoms with van der Waals surface area (Å²) in [6.07, 6.45) is 3.57. The molecule has 1 atom stereocenters. The van der Waals surface area contributed by atoms with Crippen LogP contribution in [0.5, 0.6) is 5.75 Å². The number of para-hydroxylation sites is 1. The average Bonchev–Trinajstić information content (AvgIpc) is 3.01. The lowest BCUT2D eigenvalue weighted by Gasteiger charge is -2.16. The standard InChI is InChI=1S/C20H23NO2/c1-14-6-3-4-9-19(14)23-13-20(22)21-15(2)17-11-10-16-7-5-8-18(16)12-17/h3-4,6,9-12,15H,5,7-8,13H2,1-2H3,(H,21,22)/t15-/m1/s1. The number of rotatable bonds is 5. The molecule has 0 radical (unpaired) electrons. The molecule has 1 aliphatic rings. The molecule has 0 unspecified atom stereocenters. The van der Waals surface area contributed by atoms with Crippen molar-refractivity contribution in [1.29, 1.82) is 0 Å². The average molecular weight is 309 g/mol. The minimum Gasteiger partial charge on any atom is -0.484 e. The molecule has 120 valence electrons. The van der Waals surface area contributed by atoms with Gasteiger partial charge in [0, 0.05) is 0 Å². The summed E-state index contributed by atoms with van der Waals surface area (Å²) >= 11 is 0. The van der Waals surface area contributed by atoms with Gasteiger partial charge in [0.15, 0.2) is 6.61 Å². The van der Waals surface area contributed by atoms with E-state index in [2.05, 4.69) is 23.5 Å². The van der Waals surface area contributed by atoms with Gasteiger partial charge in [-0.25, -0.2) is 0 Å². The van der Waals surface area contributed by atoms with Crippen molar-refractivity contribution in [1.82, 2.24) is 5.32 Å². The van der Waals surface area contributed by atoms with Crippen LogP contribution in [0.15, 0.2) is 42.5 Å². The summed E-state index contributed by atoms with van der Waals surface area (Å²) in [5.74, 6) is 0.661. The molecule has 2 aromatic rings. The van der Waals surface area contributed by atoms with Crippen LogP contribution in [-0.2, 0) is 17.6 Å². The Morgan fingerprint density at radius 2 is 1.96 bits per heavy atom. The third-order valence-electron chi connectivity index (χ3n) is 4.45. The van der Waals surface area contributed by atoms with Crippen LogP contribution in [0.4, 0.5) is 0 Å². The number of hydrogen-bond donors (Lipinski definition) is 1. The van der Waals surface area contributed by atoms with Crippen molar-refractivity contribution >= 4 is 5.91 Å². The van der Waals surface area contributed by atoms with Gasteiger partial charge in [0.2, 0.25) is 0 Å². The van der Waals surface area contributed by atoms with Crippen molar-refractivity contribution in [3.63, 3.8) is 0 Å². The molecular weight excluding hydrogens is 286 g/mol. The maximum atomic E-state index is 12.1. The van der Waals surface area contributed by atoms with Gasteiger partial charge in [-0.2, -0.15) is 0 Å². The maximum Gasteiger partial charge on any atom is 0.258 e. The van der Waals surface area contributed by atoms with E-state index in [4.69, 9.17) is 4.74 Å². The van der Waals surface area contributed by atoms with Gasteiger partial charge >= 0.3 is 0 Å². The Kier molecular flexibility index (Phi) is 4.65. The zero-order chi connectivity index (χ0) is 16.2. The van der Waals surface area contributed by atoms with Crippen LogP contribution in [0.2, 0.25) is 0 Å². The zero-order valence-corrected chi connectivity index (χ0v) is 13.8. The lowest BCUT2D eigenvalue weighted by atomic mass is 10.0. The predicted octanol–water partition coefficient (Wildman–Crippen LogP) is 3.74. The second-order valence-corrected chi connectivity index (χ2v) is 6.23. The third kappa shape index (κ3) is 3.73. The molecule has 0 spiro atoms. The van der Waals surface area contributed by atoms with Crippen LogP contribution in [-0.4, -0.2) is 12.5 Å². The number of nitrogens with one attached hydrogen (secondary N) is 1. The summed E-state index contributed by atoms with van der Waals surface area (Å²) in [4.78, 5) is 12.1. The van der Waals surface area contributed by atoms with Crippen LogP contribution in [0, 0.1) is 6.92 Å². The molecular formula is C20H23NO2. The van der Waals surface area contributed by atoms with Crippen LogP contribution in [0.25, 0.3) is 0 Å². The second kappa shape index (κ2) is 6.86. The summed E-state index contributed by atoms with van der Waals surface area (Å²) in [5, 5.41) is 3.01. The molecule has 0 aromatic heterocycles. The SMILES string of the molecule is Cc1ccccc1OCC(=O)N[C@H](C)c1ccc2c(c1)CCC2. The maximum absolute atomic E-state index is 12.1. The number of ether oxygens (including phenoxy) is 1. The molecule has 2 aromatic carbocycles. The van der Waals surface area contributed by atoms with Crippen LogP contribution < -0.4 is 10.1 Å². The number of hydrogen-bond acceptors (Lipinski definition) is 2. The number of carbonyl (C=O) groups is 1. The van der Waals surface area contributed by atoms with Gasteiger partial charge in [0.25, 0.3) is 5.91 Å². The Balaban J connectivity index is 1.56. The highest BCUT2D eigenvalue weighted by Crippen LogP contribution is 2.25. The van der Waals surface area contributed by atoms with E-state index in [0.29, 0.717) is 0 Å². The largest absolute Gasteiger partial charge is 0.484 e. The van der Waals surface area contributed by atoms with Gasteiger partial charge in [-0.05, 0) is 61.4 Å². The molecule has 0 aliphatic heterocycles. The van der Waals surface area contributed by atoms with Gasteiger partial charge in [0.05, 0.1) is 6.04 Å². The molecule has 1 N–H and O–H groups in total. The van der Waals surface area contributed by atoms with Crippen molar-refractivity contribution in [2.24, 2.45) is 0 Å². The highest BCUT2D eigenvalue weighted by molar-refractivity contribution is 5.78. The second-order valence-electron chi connectivity index (χ2n) is 6.23. The van der Waals surface area contributed by atoms with Gasteiger partial charge in [-0.1, -0.05) is 36.4 Å². The molecule has 0 bridgehead atoms. The van der Waals surface area contributed by atoms with E-state index >= 15 is 0 Å². The highest BCUT2D eigenvalue weighted by atomic mass is 16.5. The van der Waals surface area contributed by atoms with E-state index in [-0.39, 0.29) is 18.6 Å². The minimum absolute atomic E-state index is 0.00568. The first kappa shape index (κ1) is 15.6. The van der Waals surface area contributed by atoms with E-state index in [0.717, 1.165) is 23.3 Å². The quantitative estimate of drug-likeness (QED) is 0.913. The Morgan fingerprint density at radius 3 is 2.78 bits per heavy atom. The van der Waals surface area contributed by atoms with E-state index < -0.39 is 0 Å². The molecule has 3 rings (SSSR count). The zero-order valence-electron chi connectivity index (χ0n) is 13.8. The molecule has 0 saturated heterocycles. The van der Waals surface area contributed by atoms with E-state index in [1.807, 2.05) is 38.1 Å². The van der Waals surface area contributed by atoms with Crippen LogP contribution >= 0.6 is 0 Å². The summed E-state index contributed by atoms with van der Waals surface area (Å²) in [5.41, 5.74) is 5.08. The van der Waals surface area contributed by atoms with Crippen molar-refractivity contribution in [2.75, 3.05) is 6.61 Å². The molecule has 0 heterocycles. The number of carbonyl (C=O) groups excluding carboxylic acids is 1. The summed E-state index contributed by atoms with van der Waals surface area (Å²) in [6.45, 7) is 4.03. The molecule has 1 amide bonds. The predicted molar refractivity (Wildman–Crippen MR) is 91.7 cm³/mol. The smallest absolute Gasteiger partial charge is 0.258 e. The Hall–Kier alpha value is -2.29. The van der Waals surface area contributed by atoms with Crippen molar-refractivity contribution in [3.05, 3.63) is 64.7 Å². The number of benzene rings is 2. The monoisotopic (exact) mass is 309 g/mol. The number of fused-ring (bicyclic) bond motifs is 1. The fraction of sp³-hybridized carbons (Fsp3) is 0.350. The van der Waals surface area contributed by atoms with E-state index in [1.54, 1.807) is 0 Å². The Labute approximate surface area is 137 Å². The lowest BCUT2D eigenvalue weighted by molar-refractivity contribution is -0.123. The minimum atomic E-state index is -0.0961. The number of amides is 1. The Bertz CT molecular complexity index is 709. The van der Waals surface area contributed by atoms with Crippen molar-refractivity contribution in [3.8, 4) is 5.75 Å². The topological polar surface area (TPSA) is 38.3 Å². The molecule has 3 nitrogen and oxygen atoms in total. The molecule has 1 aliphatic carbocycles. The first-order valence-electron chi connectivity index (χ1n) is 8.23. The summed E-state index contributed by atoms with van der Waals surface area (Å²) in [6, 6.07) is 14.3.